The topological polar surface area (TPSA) is 78.8 Å². The Morgan fingerprint density at radius 1 is 1.10 bits per heavy atom. The number of fused-ring (bicyclic) bond motifs is 3. The molecule has 2 heterocycles. The molecule has 1 unspecified atom stereocenters. The van der Waals surface area contributed by atoms with E-state index in [1.54, 1.807) is 19.1 Å². The van der Waals surface area contributed by atoms with E-state index in [1.807, 2.05) is 4.90 Å². The van der Waals surface area contributed by atoms with Crippen molar-refractivity contribution in [3.63, 3.8) is 0 Å². The van der Waals surface area contributed by atoms with Crippen molar-refractivity contribution in [1.82, 2.24) is 5.32 Å². The fraction of sp³-hybridized carbons (Fsp3) is 0.333. The van der Waals surface area contributed by atoms with Gasteiger partial charge in [-0.15, -0.1) is 4.40 Å². The standard InChI is InChI=1S/C21H21F2N3O3S/c1-13(14-6-8-16(22)17(23)11-14)24-21(27)15-7-9-18-19(12-15)30(28,29)25-20-5-3-2-4-10-26(18)20/h6-9,11-13H,2-5,10H2,1H3,(H,24,27). The van der Waals surface area contributed by atoms with Crippen molar-refractivity contribution in [2.75, 3.05) is 11.4 Å². The lowest BCUT2D eigenvalue weighted by molar-refractivity contribution is 0.0939. The van der Waals surface area contributed by atoms with Gasteiger partial charge in [-0.1, -0.05) is 12.5 Å². The first-order chi connectivity index (χ1) is 14.3. The Hall–Kier alpha value is -2.81. The summed E-state index contributed by atoms with van der Waals surface area (Å²) >= 11 is 0. The summed E-state index contributed by atoms with van der Waals surface area (Å²) in [5.41, 5.74) is 1.08. The predicted molar refractivity (Wildman–Crippen MR) is 109 cm³/mol. The highest BCUT2D eigenvalue weighted by molar-refractivity contribution is 7.90. The summed E-state index contributed by atoms with van der Waals surface area (Å²) in [5.74, 6) is -1.94. The molecule has 158 valence electrons. The summed E-state index contributed by atoms with van der Waals surface area (Å²) in [6.07, 6.45) is 3.44. The molecule has 0 aliphatic carbocycles. The van der Waals surface area contributed by atoms with E-state index in [1.165, 1.54) is 12.1 Å². The minimum Gasteiger partial charge on any atom is -0.346 e. The van der Waals surface area contributed by atoms with Crippen LogP contribution in [0.5, 0.6) is 0 Å². The third-order valence-electron chi connectivity index (χ3n) is 5.40. The molecule has 1 amide bonds. The zero-order valence-corrected chi connectivity index (χ0v) is 17.2. The van der Waals surface area contributed by atoms with Crippen molar-refractivity contribution in [3.05, 3.63) is 59.2 Å². The lowest BCUT2D eigenvalue weighted by Gasteiger charge is -2.29. The SMILES string of the molecule is CC(NC(=O)c1ccc2c(c1)S(=O)(=O)N=C1CCCCCN12)c1ccc(F)c(F)c1. The van der Waals surface area contributed by atoms with Crippen LogP contribution in [-0.4, -0.2) is 26.7 Å². The van der Waals surface area contributed by atoms with Crippen LogP contribution in [0.25, 0.3) is 0 Å². The van der Waals surface area contributed by atoms with Gasteiger partial charge >= 0.3 is 0 Å². The fourth-order valence-electron chi connectivity index (χ4n) is 3.77. The van der Waals surface area contributed by atoms with Crippen molar-refractivity contribution in [2.24, 2.45) is 4.40 Å². The van der Waals surface area contributed by atoms with Crippen molar-refractivity contribution in [1.29, 1.82) is 0 Å². The van der Waals surface area contributed by atoms with Crippen LogP contribution >= 0.6 is 0 Å². The molecule has 1 atom stereocenters. The van der Waals surface area contributed by atoms with E-state index in [9.17, 15) is 22.0 Å². The minimum atomic E-state index is -3.90. The van der Waals surface area contributed by atoms with Crippen LogP contribution in [0.15, 0.2) is 45.7 Å². The van der Waals surface area contributed by atoms with E-state index in [-0.39, 0.29) is 10.5 Å². The maximum Gasteiger partial charge on any atom is 0.286 e. The molecule has 0 saturated carbocycles. The molecule has 4 rings (SSSR count). The minimum absolute atomic E-state index is 0.00118. The lowest BCUT2D eigenvalue weighted by Crippen LogP contribution is -2.35. The van der Waals surface area contributed by atoms with Gasteiger partial charge in [0, 0.05) is 18.5 Å². The molecule has 2 aliphatic heterocycles. The number of hydrogen-bond donors (Lipinski definition) is 1. The van der Waals surface area contributed by atoms with Gasteiger partial charge in [-0.2, -0.15) is 8.42 Å². The highest BCUT2D eigenvalue weighted by Gasteiger charge is 2.32. The van der Waals surface area contributed by atoms with Gasteiger partial charge in [0.1, 0.15) is 10.7 Å². The number of halogens is 2. The second kappa shape index (κ2) is 7.79. The number of nitrogens with zero attached hydrogens (tertiary/aromatic N) is 2. The molecule has 6 nitrogen and oxygen atoms in total. The second-order valence-electron chi connectivity index (χ2n) is 7.50. The van der Waals surface area contributed by atoms with E-state index in [4.69, 9.17) is 0 Å². The second-order valence-corrected chi connectivity index (χ2v) is 9.07. The van der Waals surface area contributed by atoms with E-state index >= 15 is 0 Å². The van der Waals surface area contributed by atoms with Crippen LogP contribution in [0.2, 0.25) is 0 Å². The molecule has 1 saturated heterocycles. The number of carbonyl (C=O) groups is 1. The first-order valence-electron chi connectivity index (χ1n) is 9.77. The van der Waals surface area contributed by atoms with Crippen LogP contribution in [0.4, 0.5) is 14.5 Å². The molecule has 0 radical (unpaired) electrons. The molecule has 2 aromatic rings. The van der Waals surface area contributed by atoms with Gasteiger partial charge in [-0.05, 0) is 55.7 Å². The van der Waals surface area contributed by atoms with Crippen LogP contribution in [0, 0.1) is 11.6 Å². The third-order valence-corrected chi connectivity index (χ3v) is 6.74. The molecule has 1 N–H and O–H groups in total. The number of benzene rings is 2. The highest BCUT2D eigenvalue weighted by atomic mass is 32.2. The highest BCUT2D eigenvalue weighted by Crippen LogP contribution is 2.35. The Kier molecular flexibility index (Phi) is 5.31. The average Bonchev–Trinajstić information content (AvgIpc) is 2.94. The Balaban J connectivity index is 1.61. The quantitative estimate of drug-likeness (QED) is 0.795. The normalized spacial score (nSPS) is 18.5. The number of anilines is 1. The Bertz CT molecular complexity index is 1150. The van der Waals surface area contributed by atoms with Gasteiger partial charge < -0.3 is 10.2 Å². The molecule has 1 fully saturated rings. The van der Waals surface area contributed by atoms with Crippen LogP contribution in [-0.2, 0) is 10.0 Å². The molecule has 30 heavy (non-hydrogen) atoms. The fourth-order valence-corrected chi connectivity index (χ4v) is 5.05. The molecular formula is C21H21F2N3O3S. The molecule has 2 aliphatic rings. The summed E-state index contributed by atoms with van der Waals surface area (Å²) in [6.45, 7) is 2.31. The monoisotopic (exact) mass is 433 g/mol. The predicted octanol–water partition coefficient (Wildman–Crippen LogP) is 3.94. The van der Waals surface area contributed by atoms with Crippen molar-refractivity contribution < 1.29 is 22.0 Å². The van der Waals surface area contributed by atoms with Gasteiger partial charge in [0.25, 0.3) is 15.9 Å². The van der Waals surface area contributed by atoms with Crippen molar-refractivity contribution >= 4 is 27.5 Å². The maximum absolute atomic E-state index is 13.5. The van der Waals surface area contributed by atoms with Gasteiger partial charge in [0.05, 0.1) is 11.7 Å². The number of rotatable bonds is 3. The zero-order valence-electron chi connectivity index (χ0n) is 16.4. The summed E-state index contributed by atoms with van der Waals surface area (Å²) in [5, 5.41) is 2.69. The largest absolute Gasteiger partial charge is 0.346 e. The summed E-state index contributed by atoms with van der Waals surface area (Å²) < 4.78 is 56.0. The zero-order chi connectivity index (χ0) is 21.5. The number of amides is 1. The molecule has 2 aromatic carbocycles. The molecule has 9 heteroatoms. The lowest BCUT2D eigenvalue weighted by atomic mass is 10.1. The number of sulfonamides is 1. The van der Waals surface area contributed by atoms with Crippen LogP contribution in [0.3, 0.4) is 0 Å². The van der Waals surface area contributed by atoms with E-state index < -0.39 is 33.6 Å². The average molecular weight is 433 g/mol. The maximum atomic E-state index is 13.5. The van der Waals surface area contributed by atoms with Crippen molar-refractivity contribution in [3.8, 4) is 0 Å². The first kappa shape index (κ1) is 20.5. The smallest absolute Gasteiger partial charge is 0.286 e. The van der Waals surface area contributed by atoms with Gasteiger partial charge in [-0.25, -0.2) is 8.78 Å². The first-order valence-corrected chi connectivity index (χ1v) is 11.2. The van der Waals surface area contributed by atoms with Crippen LogP contribution in [0.1, 0.15) is 54.6 Å². The summed E-state index contributed by atoms with van der Waals surface area (Å²) in [4.78, 5) is 14.6. The molecular weight excluding hydrogens is 412 g/mol. The summed E-state index contributed by atoms with van der Waals surface area (Å²) in [7, 11) is -3.90. The van der Waals surface area contributed by atoms with Gasteiger partial charge in [0.15, 0.2) is 11.6 Å². The van der Waals surface area contributed by atoms with Gasteiger partial charge in [0.2, 0.25) is 0 Å². The number of amidine groups is 1. The number of carbonyl (C=O) groups excluding carboxylic acids is 1. The van der Waals surface area contributed by atoms with Crippen molar-refractivity contribution in [2.45, 2.75) is 43.5 Å². The van der Waals surface area contributed by atoms with E-state index in [2.05, 4.69) is 9.71 Å². The molecule has 0 bridgehead atoms. The third kappa shape index (κ3) is 3.81. The Morgan fingerprint density at radius 3 is 2.67 bits per heavy atom. The Morgan fingerprint density at radius 2 is 1.90 bits per heavy atom. The number of hydrogen-bond acceptors (Lipinski definition) is 4. The summed E-state index contributed by atoms with van der Waals surface area (Å²) in [6, 6.07) is 7.32. The Labute approximate surface area is 173 Å². The molecule has 0 spiro atoms. The number of nitrogens with one attached hydrogen (secondary N) is 1. The van der Waals surface area contributed by atoms with E-state index in [0.29, 0.717) is 30.1 Å². The van der Waals surface area contributed by atoms with Crippen LogP contribution < -0.4 is 10.2 Å². The van der Waals surface area contributed by atoms with Gasteiger partial charge in [-0.3, -0.25) is 4.79 Å². The van der Waals surface area contributed by atoms with E-state index in [0.717, 1.165) is 31.4 Å². The molecule has 0 aromatic heterocycles.